The number of nitrogens with one attached hydrogen (secondary N) is 1. The smallest absolute Gasteiger partial charge is 0.257 e. The van der Waals surface area contributed by atoms with Gasteiger partial charge in [0.1, 0.15) is 6.61 Å². The first-order valence-corrected chi connectivity index (χ1v) is 6.23. The molecular weight excluding hydrogens is 232 g/mol. The minimum atomic E-state index is -0.396. The zero-order valence-electron chi connectivity index (χ0n) is 10.1. The molecule has 5 nitrogen and oxygen atoms in total. The Morgan fingerprint density at radius 2 is 2.39 bits per heavy atom. The van der Waals surface area contributed by atoms with Crippen LogP contribution in [0.25, 0.3) is 0 Å². The molecule has 2 N–H and O–H groups in total. The maximum atomic E-state index is 12.4. The van der Waals surface area contributed by atoms with Crippen LogP contribution < -0.4 is 10.1 Å². The standard InChI is InChI=1S/C13H16N2O3/c16-9-4-6-15(8-9)13(17)10-2-1-3-11-12(10)18-7-5-14-11/h1-3,9,14,16H,4-8H2/t9-/m0/s1. The Labute approximate surface area is 105 Å². The van der Waals surface area contributed by atoms with Crippen LogP contribution in [0.1, 0.15) is 16.8 Å². The molecule has 1 atom stereocenters. The second-order valence-corrected chi connectivity index (χ2v) is 4.65. The normalized spacial score (nSPS) is 22.1. The van der Waals surface area contributed by atoms with Gasteiger partial charge >= 0.3 is 0 Å². The van der Waals surface area contributed by atoms with Gasteiger partial charge in [-0.2, -0.15) is 0 Å². The second-order valence-electron chi connectivity index (χ2n) is 4.65. The molecule has 1 saturated heterocycles. The molecule has 3 rings (SSSR count). The van der Waals surface area contributed by atoms with Crippen LogP contribution in [0.5, 0.6) is 5.75 Å². The summed E-state index contributed by atoms with van der Waals surface area (Å²) >= 11 is 0. The van der Waals surface area contributed by atoms with Gasteiger partial charge in [-0.1, -0.05) is 6.07 Å². The molecule has 1 fully saturated rings. The lowest BCUT2D eigenvalue weighted by Crippen LogP contribution is -2.31. The third-order valence-electron chi connectivity index (χ3n) is 3.36. The fourth-order valence-electron chi connectivity index (χ4n) is 2.44. The number of hydrogen-bond acceptors (Lipinski definition) is 4. The third-order valence-corrected chi connectivity index (χ3v) is 3.36. The summed E-state index contributed by atoms with van der Waals surface area (Å²) in [5, 5.41) is 12.7. The van der Waals surface area contributed by atoms with E-state index in [1.807, 2.05) is 12.1 Å². The van der Waals surface area contributed by atoms with Gasteiger partial charge in [-0.05, 0) is 18.6 Å². The molecule has 0 aromatic heterocycles. The average molecular weight is 248 g/mol. The fraction of sp³-hybridized carbons (Fsp3) is 0.462. The molecule has 1 amide bonds. The lowest BCUT2D eigenvalue weighted by Gasteiger charge is -2.23. The number of aliphatic hydroxyl groups is 1. The molecule has 5 heteroatoms. The summed E-state index contributed by atoms with van der Waals surface area (Å²) < 4.78 is 5.59. The summed E-state index contributed by atoms with van der Waals surface area (Å²) in [6.45, 7) is 2.35. The Bertz CT molecular complexity index is 475. The minimum Gasteiger partial charge on any atom is -0.489 e. The van der Waals surface area contributed by atoms with E-state index in [1.54, 1.807) is 11.0 Å². The predicted molar refractivity (Wildman–Crippen MR) is 67.0 cm³/mol. The maximum absolute atomic E-state index is 12.4. The van der Waals surface area contributed by atoms with Gasteiger partial charge in [0.25, 0.3) is 5.91 Å². The van der Waals surface area contributed by atoms with Crippen molar-refractivity contribution in [3.8, 4) is 5.75 Å². The number of fused-ring (bicyclic) bond motifs is 1. The van der Waals surface area contributed by atoms with Gasteiger partial charge in [0, 0.05) is 19.6 Å². The lowest BCUT2D eigenvalue weighted by molar-refractivity contribution is 0.0760. The number of anilines is 1. The molecule has 2 heterocycles. The number of amides is 1. The van der Waals surface area contributed by atoms with E-state index < -0.39 is 6.10 Å². The summed E-state index contributed by atoms with van der Waals surface area (Å²) in [5.41, 5.74) is 1.45. The molecular formula is C13H16N2O3. The van der Waals surface area contributed by atoms with E-state index in [-0.39, 0.29) is 5.91 Å². The van der Waals surface area contributed by atoms with Crippen molar-refractivity contribution in [2.75, 3.05) is 31.6 Å². The summed E-state index contributed by atoms with van der Waals surface area (Å²) in [5.74, 6) is 0.572. The van der Waals surface area contributed by atoms with E-state index in [0.717, 1.165) is 12.2 Å². The van der Waals surface area contributed by atoms with Gasteiger partial charge in [0.05, 0.1) is 17.4 Å². The van der Waals surface area contributed by atoms with E-state index >= 15 is 0 Å². The summed E-state index contributed by atoms with van der Waals surface area (Å²) in [4.78, 5) is 14.1. The van der Waals surface area contributed by atoms with Gasteiger partial charge in [0.15, 0.2) is 5.75 Å². The first-order chi connectivity index (χ1) is 8.75. The van der Waals surface area contributed by atoms with Crippen molar-refractivity contribution in [3.63, 3.8) is 0 Å². The van der Waals surface area contributed by atoms with Crippen LogP contribution >= 0.6 is 0 Å². The van der Waals surface area contributed by atoms with Crippen molar-refractivity contribution in [1.29, 1.82) is 0 Å². The van der Waals surface area contributed by atoms with Gasteiger partial charge < -0.3 is 20.1 Å². The van der Waals surface area contributed by atoms with Crippen LogP contribution in [-0.2, 0) is 0 Å². The highest BCUT2D eigenvalue weighted by Crippen LogP contribution is 2.32. The highest BCUT2D eigenvalue weighted by Gasteiger charge is 2.28. The van der Waals surface area contributed by atoms with Crippen molar-refractivity contribution >= 4 is 11.6 Å². The SMILES string of the molecule is O=C(c1cccc2c1OCCN2)N1CC[C@H](O)C1. The number of β-amino-alcohol motifs (C(OH)–C–C–N with tert-alkyl or cyclic N) is 1. The van der Waals surface area contributed by atoms with Crippen LogP contribution in [0, 0.1) is 0 Å². The molecule has 0 aliphatic carbocycles. The lowest BCUT2D eigenvalue weighted by atomic mass is 10.1. The van der Waals surface area contributed by atoms with Crippen molar-refractivity contribution < 1.29 is 14.6 Å². The number of aliphatic hydroxyl groups excluding tert-OH is 1. The Kier molecular flexibility index (Phi) is 2.83. The number of nitrogens with zero attached hydrogens (tertiary/aromatic N) is 1. The highest BCUT2D eigenvalue weighted by molar-refractivity contribution is 5.99. The summed E-state index contributed by atoms with van der Waals surface area (Å²) in [7, 11) is 0. The molecule has 0 radical (unpaired) electrons. The van der Waals surface area contributed by atoms with Crippen molar-refractivity contribution in [3.05, 3.63) is 23.8 Å². The largest absolute Gasteiger partial charge is 0.489 e. The zero-order chi connectivity index (χ0) is 12.5. The zero-order valence-corrected chi connectivity index (χ0v) is 10.1. The van der Waals surface area contributed by atoms with E-state index in [2.05, 4.69) is 5.32 Å². The van der Waals surface area contributed by atoms with Crippen molar-refractivity contribution in [2.45, 2.75) is 12.5 Å². The van der Waals surface area contributed by atoms with Crippen LogP contribution in [0.4, 0.5) is 5.69 Å². The van der Waals surface area contributed by atoms with Crippen molar-refractivity contribution in [2.24, 2.45) is 0 Å². The number of hydrogen-bond donors (Lipinski definition) is 2. The average Bonchev–Trinajstić information content (AvgIpc) is 2.84. The minimum absolute atomic E-state index is 0.0629. The maximum Gasteiger partial charge on any atom is 0.257 e. The van der Waals surface area contributed by atoms with Crippen LogP contribution in [0.2, 0.25) is 0 Å². The molecule has 0 unspecified atom stereocenters. The Balaban J connectivity index is 1.90. The first-order valence-electron chi connectivity index (χ1n) is 6.23. The third kappa shape index (κ3) is 1.90. The van der Waals surface area contributed by atoms with Crippen LogP contribution in [0.3, 0.4) is 0 Å². The molecule has 2 aliphatic rings. The Hall–Kier alpha value is -1.75. The quantitative estimate of drug-likeness (QED) is 0.768. The summed E-state index contributed by atoms with van der Waals surface area (Å²) in [6, 6.07) is 5.53. The van der Waals surface area contributed by atoms with Gasteiger partial charge in [-0.25, -0.2) is 0 Å². The molecule has 0 spiro atoms. The van der Waals surface area contributed by atoms with Gasteiger partial charge in [-0.15, -0.1) is 0 Å². The predicted octanol–water partition coefficient (Wildman–Crippen LogP) is 0.698. The number of rotatable bonds is 1. The van der Waals surface area contributed by atoms with E-state index in [4.69, 9.17) is 4.74 Å². The van der Waals surface area contributed by atoms with Gasteiger partial charge in [0.2, 0.25) is 0 Å². The number of ether oxygens (including phenoxy) is 1. The molecule has 0 saturated carbocycles. The monoisotopic (exact) mass is 248 g/mol. The molecule has 1 aromatic carbocycles. The molecule has 0 bridgehead atoms. The summed E-state index contributed by atoms with van der Waals surface area (Å²) in [6.07, 6.45) is 0.257. The van der Waals surface area contributed by atoms with Crippen molar-refractivity contribution in [1.82, 2.24) is 4.90 Å². The van der Waals surface area contributed by atoms with E-state index in [9.17, 15) is 9.90 Å². The highest BCUT2D eigenvalue weighted by atomic mass is 16.5. The van der Waals surface area contributed by atoms with E-state index in [1.165, 1.54) is 0 Å². The number of benzene rings is 1. The van der Waals surface area contributed by atoms with E-state index in [0.29, 0.717) is 37.4 Å². The molecule has 1 aromatic rings. The number of carbonyl (C=O) groups is 1. The van der Waals surface area contributed by atoms with Crippen LogP contribution in [0.15, 0.2) is 18.2 Å². The first kappa shape index (κ1) is 11.3. The number of carbonyl (C=O) groups excluding carboxylic acids is 1. The number of para-hydroxylation sites is 1. The molecule has 2 aliphatic heterocycles. The van der Waals surface area contributed by atoms with Crippen LogP contribution in [-0.4, -0.2) is 48.3 Å². The molecule has 96 valence electrons. The molecule has 18 heavy (non-hydrogen) atoms. The Morgan fingerprint density at radius 3 is 3.17 bits per heavy atom. The second kappa shape index (κ2) is 4.49. The topological polar surface area (TPSA) is 61.8 Å². The number of likely N-dealkylation sites (tertiary alicyclic amines) is 1. The van der Waals surface area contributed by atoms with Gasteiger partial charge in [-0.3, -0.25) is 4.79 Å². The fourth-order valence-corrected chi connectivity index (χ4v) is 2.44. The Morgan fingerprint density at radius 1 is 1.50 bits per heavy atom.